The topological polar surface area (TPSA) is 279 Å². The Morgan fingerprint density at radius 2 is 0.829 bits per heavy atom. The molecule has 0 aromatic heterocycles. The first-order valence-corrected chi connectivity index (χ1v) is 8.51. The third kappa shape index (κ3) is 5.03. The minimum absolute atomic E-state index is 0.191. The molecule has 0 amide bonds. The van der Waals surface area contributed by atoms with Crippen LogP contribution in [0.2, 0.25) is 0 Å². The second-order valence-corrected chi connectivity index (χ2v) is 6.24. The molecule has 0 unspecified atom stereocenters. The van der Waals surface area contributed by atoms with Gasteiger partial charge in [-0.05, 0) is 12.1 Å². The highest BCUT2D eigenvalue weighted by atomic mass is 16.6. The van der Waals surface area contributed by atoms with E-state index in [0.717, 1.165) is 0 Å². The molecule has 4 N–H and O–H groups in total. The van der Waals surface area contributed by atoms with Crippen LogP contribution in [0.5, 0.6) is 0 Å². The molecule has 2 rings (SSSR count). The fourth-order valence-electron chi connectivity index (χ4n) is 2.71. The number of rotatable bonds is 8. The lowest BCUT2D eigenvalue weighted by Gasteiger charge is -2.10. The van der Waals surface area contributed by atoms with Gasteiger partial charge in [-0.2, -0.15) is 0 Å². The molecule has 180 valence electrons. The molecule has 0 radical (unpaired) electrons. The average Bonchev–Trinajstić information content (AvgIpc) is 2.76. The summed E-state index contributed by atoms with van der Waals surface area (Å²) in [5, 5.41) is 58.8. The number of carbonyl (C=O) groups is 6. The summed E-state index contributed by atoms with van der Waals surface area (Å²) in [6.45, 7) is 0. The molecular weight excluding hydrogens is 484 g/mol. The monoisotopic (exact) mass is 492 g/mol. The van der Waals surface area contributed by atoms with Gasteiger partial charge in [-0.1, -0.05) is 0 Å². The van der Waals surface area contributed by atoms with E-state index in [1.165, 1.54) is 0 Å². The van der Waals surface area contributed by atoms with Gasteiger partial charge in [0.15, 0.2) is 0 Å². The van der Waals surface area contributed by atoms with Gasteiger partial charge in [0.05, 0.1) is 32.1 Å². The second kappa shape index (κ2) is 9.40. The van der Waals surface area contributed by atoms with Crippen LogP contribution in [0.25, 0.3) is 0 Å². The van der Waals surface area contributed by atoms with E-state index in [-0.39, 0.29) is 24.3 Å². The maximum absolute atomic E-state index is 12.4. The van der Waals surface area contributed by atoms with Crippen molar-refractivity contribution in [1.29, 1.82) is 0 Å². The Morgan fingerprint density at radius 1 is 0.543 bits per heavy atom. The lowest BCUT2D eigenvalue weighted by Crippen LogP contribution is -2.20. The Balaban J connectivity index is 2.66. The number of carbonyl (C=O) groups excluding carboxylic acids is 2. The van der Waals surface area contributed by atoms with E-state index in [1.807, 2.05) is 0 Å². The summed E-state index contributed by atoms with van der Waals surface area (Å²) in [5.74, 6) is -11.6. The number of aromatic carboxylic acids is 4. The summed E-state index contributed by atoms with van der Waals surface area (Å²) < 4.78 is 4.33. The van der Waals surface area contributed by atoms with Gasteiger partial charge in [-0.3, -0.25) is 20.2 Å². The van der Waals surface area contributed by atoms with Gasteiger partial charge in [0.1, 0.15) is 11.1 Å². The van der Waals surface area contributed by atoms with Gasteiger partial charge in [0.25, 0.3) is 11.4 Å². The molecule has 17 nitrogen and oxygen atoms in total. The normalized spacial score (nSPS) is 10.2. The van der Waals surface area contributed by atoms with Crippen molar-refractivity contribution in [3.05, 3.63) is 77.9 Å². The lowest BCUT2D eigenvalue weighted by atomic mass is 10.0. The smallest absolute Gasteiger partial charge is 0.347 e. The molecule has 0 aliphatic rings. The number of esters is 2. The molecule has 2 aromatic carbocycles. The Morgan fingerprint density at radius 3 is 1.06 bits per heavy atom. The molecule has 0 aliphatic carbocycles. The number of nitro groups is 2. The van der Waals surface area contributed by atoms with Crippen LogP contribution >= 0.6 is 0 Å². The van der Waals surface area contributed by atoms with Crippen molar-refractivity contribution in [3.8, 4) is 0 Å². The van der Waals surface area contributed by atoms with Crippen LogP contribution in [0, 0.1) is 20.2 Å². The highest BCUT2D eigenvalue weighted by molar-refractivity contribution is 6.12. The van der Waals surface area contributed by atoms with Gasteiger partial charge in [0.2, 0.25) is 0 Å². The van der Waals surface area contributed by atoms with E-state index >= 15 is 0 Å². The predicted molar refractivity (Wildman–Crippen MR) is 104 cm³/mol. The van der Waals surface area contributed by atoms with E-state index in [9.17, 15) is 59.2 Å². The number of nitro benzene ring substituents is 2. The van der Waals surface area contributed by atoms with Gasteiger partial charge in [-0.25, -0.2) is 28.8 Å². The number of hydrogen-bond acceptors (Lipinski definition) is 11. The van der Waals surface area contributed by atoms with Gasteiger partial charge in [0, 0.05) is 12.1 Å². The van der Waals surface area contributed by atoms with E-state index in [0.29, 0.717) is 0 Å². The van der Waals surface area contributed by atoms with Crippen molar-refractivity contribution in [2.45, 2.75) is 0 Å². The highest BCUT2D eigenvalue weighted by Crippen LogP contribution is 2.27. The van der Waals surface area contributed by atoms with Crippen molar-refractivity contribution in [2.75, 3.05) is 0 Å². The van der Waals surface area contributed by atoms with E-state index < -0.39 is 90.4 Å². The second-order valence-electron chi connectivity index (χ2n) is 6.24. The van der Waals surface area contributed by atoms with Crippen LogP contribution in [-0.4, -0.2) is 66.1 Å². The fraction of sp³-hybridized carbons (Fsp3) is 0. The van der Waals surface area contributed by atoms with Gasteiger partial charge >= 0.3 is 35.8 Å². The fourth-order valence-corrected chi connectivity index (χ4v) is 2.71. The summed E-state index contributed by atoms with van der Waals surface area (Å²) in [4.78, 5) is 89.8. The zero-order valence-corrected chi connectivity index (χ0v) is 16.5. The summed E-state index contributed by atoms with van der Waals surface area (Å²) >= 11 is 0. The van der Waals surface area contributed by atoms with Crippen molar-refractivity contribution in [2.24, 2.45) is 0 Å². The van der Waals surface area contributed by atoms with E-state index in [1.54, 1.807) is 0 Å². The average molecular weight is 492 g/mol. The molecule has 0 fully saturated rings. The number of hydrogen-bond donors (Lipinski definition) is 4. The van der Waals surface area contributed by atoms with Gasteiger partial charge in [-0.15, -0.1) is 0 Å². The zero-order valence-electron chi connectivity index (χ0n) is 16.5. The SMILES string of the molecule is O=C(O)c1cc(C(=O)O)c([N+](=O)[O-])cc1C(=O)OC(=O)c1cc([N+](=O)[O-])c(C(=O)O)cc1C(=O)O. The Hall–Kier alpha value is -5.74. The molecule has 2 aromatic rings. The largest absolute Gasteiger partial charge is 0.478 e. The van der Waals surface area contributed by atoms with Crippen molar-refractivity contribution < 1.29 is 63.8 Å². The maximum atomic E-state index is 12.4. The number of carboxylic acid groups (broad SMARTS) is 4. The maximum Gasteiger partial charge on any atom is 0.347 e. The quantitative estimate of drug-likeness (QED) is 0.175. The van der Waals surface area contributed by atoms with Gasteiger partial charge < -0.3 is 25.2 Å². The van der Waals surface area contributed by atoms with Crippen LogP contribution in [0.4, 0.5) is 11.4 Å². The molecule has 0 atom stereocenters. The van der Waals surface area contributed by atoms with Crippen molar-refractivity contribution in [1.82, 2.24) is 0 Å². The molecule has 0 heterocycles. The lowest BCUT2D eigenvalue weighted by molar-refractivity contribution is -0.385. The van der Waals surface area contributed by atoms with Crippen LogP contribution in [0.1, 0.15) is 62.1 Å². The standard InChI is InChI=1S/C18H8N2O15/c21-13(22)5-1-9(15(25)26)11(19(31)32)3-7(5)17(29)35-18(30)8-4-12(20(33)34)10(16(27)28)2-6(8)14(23)24/h1-4H,(H,21,22)(H,23,24)(H,25,26)(H,27,28). The van der Waals surface area contributed by atoms with Crippen molar-refractivity contribution >= 4 is 47.2 Å². The van der Waals surface area contributed by atoms with Crippen LogP contribution in [-0.2, 0) is 4.74 Å². The molecular formula is C18H8N2O15. The summed E-state index contributed by atoms with van der Waals surface area (Å²) in [6.07, 6.45) is 0. The van der Waals surface area contributed by atoms with E-state index in [4.69, 9.17) is 10.2 Å². The molecule has 35 heavy (non-hydrogen) atoms. The Labute approximate surface area is 189 Å². The number of nitrogens with zero attached hydrogens (tertiary/aromatic N) is 2. The molecule has 0 spiro atoms. The summed E-state index contributed by atoms with van der Waals surface area (Å²) in [6, 6.07) is 0.880. The van der Waals surface area contributed by atoms with Crippen LogP contribution in [0.3, 0.4) is 0 Å². The number of benzene rings is 2. The highest BCUT2D eigenvalue weighted by Gasteiger charge is 2.33. The summed E-state index contributed by atoms with van der Waals surface area (Å²) in [7, 11) is 0. The molecule has 0 saturated carbocycles. The molecule has 0 saturated heterocycles. The zero-order chi connectivity index (χ0) is 26.8. The van der Waals surface area contributed by atoms with Crippen molar-refractivity contribution in [3.63, 3.8) is 0 Å². The number of carboxylic acids is 4. The minimum atomic E-state index is -1.96. The molecule has 17 heteroatoms. The van der Waals surface area contributed by atoms with Crippen LogP contribution < -0.4 is 0 Å². The third-order valence-corrected chi connectivity index (χ3v) is 4.21. The van der Waals surface area contributed by atoms with E-state index in [2.05, 4.69) is 4.74 Å². The first kappa shape index (κ1) is 25.5. The van der Waals surface area contributed by atoms with Crippen LogP contribution in [0.15, 0.2) is 24.3 Å². The molecule has 0 bridgehead atoms. The Bertz CT molecular complexity index is 1270. The number of ether oxygens (including phenoxy) is 1. The minimum Gasteiger partial charge on any atom is -0.478 e. The molecule has 0 aliphatic heterocycles. The first-order valence-electron chi connectivity index (χ1n) is 8.51. The Kier molecular flexibility index (Phi) is 6.86. The predicted octanol–water partition coefficient (Wildman–Crippen LogP) is 1.29. The third-order valence-electron chi connectivity index (χ3n) is 4.21. The summed E-state index contributed by atoms with van der Waals surface area (Å²) in [5.41, 5.74) is -9.41. The first-order chi connectivity index (χ1) is 16.2.